The summed E-state index contributed by atoms with van der Waals surface area (Å²) < 4.78 is 18.3. The van der Waals surface area contributed by atoms with Crippen molar-refractivity contribution in [1.29, 1.82) is 0 Å². The highest BCUT2D eigenvalue weighted by molar-refractivity contribution is 6.33. The second-order valence-corrected chi connectivity index (χ2v) is 5.81. The molecular formula is C18H14ClFN2O4. The number of carbonyl (C=O) groups excluding carboxylic acids is 2. The van der Waals surface area contributed by atoms with E-state index in [2.05, 4.69) is 5.43 Å². The van der Waals surface area contributed by atoms with Crippen molar-refractivity contribution < 1.29 is 23.8 Å². The molecule has 2 aromatic carbocycles. The third kappa shape index (κ3) is 3.34. The molecule has 2 aromatic rings. The monoisotopic (exact) mass is 376 g/mol. The Bertz CT molecular complexity index is 912. The summed E-state index contributed by atoms with van der Waals surface area (Å²) in [5, 5.41) is 10.9. The Labute approximate surface area is 153 Å². The van der Waals surface area contributed by atoms with Crippen LogP contribution in [0.1, 0.15) is 12.5 Å². The Hall–Kier alpha value is -3.06. The molecular weight excluding hydrogens is 363 g/mol. The van der Waals surface area contributed by atoms with Crippen molar-refractivity contribution in [3.8, 4) is 11.5 Å². The quantitative estimate of drug-likeness (QED) is 0.635. The van der Waals surface area contributed by atoms with E-state index >= 15 is 0 Å². The molecule has 1 fully saturated rings. The van der Waals surface area contributed by atoms with E-state index in [1.807, 2.05) is 0 Å². The molecule has 1 heterocycles. The molecule has 8 heteroatoms. The van der Waals surface area contributed by atoms with Gasteiger partial charge in [-0.25, -0.2) is 9.40 Å². The van der Waals surface area contributed by atoms with Crippen LogP contribution in [0.15, 0.2) is 42.0 Å². The summed E-state index contributed by atoms with van der Waals surface area (Å²) in [4.78, 5) is 24.7. The Kier molecular flexibility index (Phi) is 4.81. The number of hydrogen-bond acceptors (Lipinski definition) is 4. The number of anilines is 1. The number of carbonyl (C=O) groups is 2. The van der Waals surface area contributed by atoms with Crippen molar-refractivity contribution in [2.75, 3.05) is 11.6 Å². The van der Waals surface area contributed by atoms with E-state index in [0.717, 1.165) is 5.01 Å². The largest absolute Gasteiger partial charge is 0.503 e. The average Bonchev–Trinajstić information content (AvgIpc) is 2.88. The minimum absolute atomic E-state index is 0.0315. The average molecular weight is 377 g/mol. The Morgan fingerprint density at radius 2 is 1.96 bits per heavy atom. The molecule has 2 amide bonds. The summed E-state index contributed by atoms with van der Waals surface area (Å²) in [6.45, 7) is 2.05. The summed E-state index contributed by atoms with van der Waals surface area (Å²) in [5.41, 5.74) is 3.03. The first kappa shape index (κ1) is 17.8. The van der Waals surface area contributed by atoms with Gasteiger partial charge in [0.15, 0.2) is 11.5 Å². The summed E-state index contributed by atoms with van der Waals surface area (Å²) in [6.07, 6.45) is 1.34. The highest BCUT2D eigenvalue weighted by Crippen LogP contribution is 2.36. The molecule has 3 rings (SSSR count). The summed E-state index contributed by atoms with van der Waals surface area (Å²) >= 11 is 5.96. The molecule has 6 nitrogen and oxygen atoms in total. The number of amides is 2. The Morgan fingerprint density at radius 1 is 1.27 bits per heavy atom. The fraction of sp³-hybridized carbons (Fsp3) is 0.111. The van der Waals surface area contributed by atoms with Crippen molar-refractivity contribution in [3.63, 3.8) is 0 Å². The van der Waals surface area contributed by atoms with Gasteiger partial charge >= 0.3 is 0 Å². The van der Waals surface area contributed by atoms with Gasteiger partial charge in [-0.15, -0.1) is 0 Å². The summed E-state index contributed by atoms with van der Waals surface area (Å²) in [5.74, 6) is -1.73. The molecule has 0 unspecified atom stereocenters. The van der Waals surface area contributed by atoms with Gasteiger partial charge in [-0.2, -0.15) is 0 Å². The number of rotatable bonds is 4. The number of nitrogens with one attached hydrogen (secondary N) is 1. The molecule has 26 heavy (non-hydrogen) atoms. The number of aromatic hydroxyl groups is 1. The molecule has 1 aliphatic heterocycles. The van der Waals surface area contributed by atoms with Crippen molar-refractivity contribution in [1.82, 2.24) is 5.43 Å². The fourth-order valence-corrected chi connectivity index (χ4v) is 2.66. The molecule has 134 valence electrons. The Morgan fingerprint density at radius 3 is 2.62 bits per heavy atom. The van der Waals surface area contributed by atoms with Crippen molar-refractivity contribution >= 4 is 35.2 Å². The lowest BCUT2D eigenvalue weighted by atomic mass is 10.1. The van der Waals surface area contributed by atoms with Crippen LogP contribution in [0.2, 0.25) is 5.02 Å². The molecule has 0 radical (unpaired) electrons. The zero-order valence-electron chi connectivity index (χ0n) is 13.6. The van der Waals surface area contributed by atoms with E-state index < -0.39 is 17.6 Å². The Balaban J connectivity index is 1.95. The maximum atomic E-state index is 13.0. The molecule has 0 aliphatic carbocycles. The number of phenolic OH excluding ortho intramolecular Hbond substituents is 1. The van der Waals surface area contributed by atoms with Gasteiger partial charge in [0.1, 0.15) is 11.4 Å². The lowest BCUT2D eigenvalue weighted by Crippen LogP contribution is -2.35. The molecule has 0 aromatic heterocycles. The second-order valence-electron chi connectivity index (χ2n) is 5.40. The zero-order chi connectivity index (χ0) is 18.8. The van der Waals surface area contributed by atoms with Crippen LogP contribution in [0.4, 0.5) is 10.1 Å². The zero-order valence-corrected chi connectivity index (χ0v) is 14.4. The number of nitrogens with zero attached hydrogens (tertiary/aromatic N) is 1. The molecule has 1 saturated heterocycles. The third-order valence-corrected chi connectivity index (χ3v) is 3.93. The van der Waals surface area contributed by atoms with Crippen LogP contribution in [0.25, 0.3) is 6.08 Å². The summed E-state index contributed by atoms with van der Waals surface area (Å²) in [6, 6.07) is 8.00. The van der Waals surface area contributed by atoms with Gasteiger partial charge in [-0.3, -0.25) is 15.0 Å². The second kappa shape index (κ2) is 7.05. The first-order chi connectivity index (χ1) is 12.4. The normalized spacial score (nSPS) is 15.5. The van der Waals surface area contributed by atoms with E-state index in [1.54, 1.807) is 6.92 Å². The van der Waals surface area contributed by atoms with E-state index in [4.69, 9.17) is 16.3 Å². The van der Waals surface area contributed by atoms with Crippen LogP contribution >= 0.6 is 11.6 Å². The van der Waals surface area contributed by atoms with E-state index in [1.165, 1.54) is 42.5 Å². The maximum Gasteiger partial charge on any atom is 0.282 e. The number of phenols is 1. The first-order valence-corrected chi connectivity index (χ1v) is 8.06. The van der Waals surface area contributed by atoms with Gasteiger partial charge in [-0.1, -0.05) is 11.6 Å². The SMILES string of the molecule is CCOc1cc(/C=C2\C(=O)NN(c3ccc(F)cc3)C2=O)cc(Cl)c1O. The van der Waals surface area contributed by atoms with E-state index in [-0.39, 0.29) is 22.1 Å². The van der Waals surface area contributed by atoms with Crippen LogP contribution in [0, 0.1) is 5.82 Å². The highest BCUT2D eigenvalue weighted by Gasteiger charge is 2.34. The van der Waals surface area contributed by atoms with Crippen LogP contribution < -0.4 is 15.2 Å². The van der Waals surface area contributed by atoms with Crippen molar-refractivity contribution in [2.24, 2.45) is 0 Å². The van der Waals surface area contributed by atoms with Crippen LogP contribution in [-0.4, -0.2) is 23.5 Å². The standard InChI is InChI=1S/C18H14ClFN2O4/c1-2-26-15-9-10(8-14(19)16(15)23)7-13-17(24)21-22(18(13)25)12-5-3-11(20)4-6-12/h3-9,23H,2H2,1H3,(H,21,24)/b13-7+. The number of hydrogen-bond donors (Lipinski definition) is 2. The number of hydrazine groups is 1. The fourth-order valence-electron chi connectivity index (χ4n) is 2.44. The predicted molar refractivity (Wildman–Crippen MR) is 94.3 cm³/mol. The molecule has 0 atom stereocenters. The number of benzene rings is 2. The van der Waals surface area contributed by atoms with Gasteiger partial charge < -0.3 is 9.84 Å². The predicted octanol–water partition coefficient (Wildman–Crippen LogP) is 3.04. The van der Waals surface area contributed by atoms with Gasteiger partial charge in [0.2, 0.25) is 0 Å². The van der Waals surface area contributed by atoms with E-state index in [9.17, 15) is 19.1 Å². The number of halogens is 2. The van der Waals surface area contributed by atoms with Gasteiger partial charge in [-0.05, 0) is 55.0 Å². The van der Waals surface area contributed by atoms with Crippen LogP contribution in [0.5, 0.6) is 11.5 Å². The first-order valence-electron chi connectivity index (χ1n) is 7.68. The minimum Gasteiger partial charge on any atom is -0.503 e. The topological polar surface area (TPSA) is 78.9 Å². The molecule has 0 spiro atoms. The van der Waals surface area contributed by atoms with E-state index in [0.29, 0.717) is 17.9 Å². The van der Waals surface area contributed by atoms with Gasteiger partial charge in [0.05, 0.1) is 17.3 Å². The third-order valence-electron chi connectivity index (χ3n) is 3.64. The number of ether oxygens (including phenoxy) is 1. The summed E-state index contributed by atoms with van der Waals surface area (Å²) in [7, 11) is 0. The lowest BCUT2D eigenvalue weighted by molar-refractivity contribution is -0.117. The lowest BCUT2D eigenvalue weighted by Gasteiger charge is -2.14. The van der Waals surface area contributed by atoms with Crippen molar-refractivity contribution in [2.45, 2.75) is 6.92 Å². The van der Waals surface area contributed by atoms with Crippen molar-refractivity contribution in [3.05, 3.63) is 58.4 Å². The van der Waals surface area contributed by atoms with Gasteiger partial charge in [0.25, 0.3) is 11.8 Å². The highest BCUT2D eigenvalue weighted by atomic mass is 35.5. The molecule has 0 saturated carbocycles. The molecule has 0 bridgehead atoms. The molecule has 1 aliphatic rings. The van der Waals surface area contributed by atoms with Crippen LogP contribution in [-0.2, 0) is 9.59 Å². The molecule has 2 N–H and O–H groups in total. The van der Waals surface area contributed by atoms with Gasteiger partial charge in [0, 0.05) is 0 Å². The smallest absolute Gasteiger partial charge is 0.282 e. The van der Waals surface area contributed by atoms with Crippen LogP contribution in [0.3, 0.4) is 0 Å². The maximum absolute atomic E-state index is 13.0. The minimum atomic E-state index is -0.610.